The lowest BCUT2D eigenvalue weighted by Crippen LogP contribution is -2.47. The predicted molar refractivity (Wildman–Crippen MR) is 397 cm³/mol. The molecule has 8 fully saturated rings. The maximum absolute atomic E-state index is 11.9. The average molecular weight is 1580 g/mol. The maximum atomic E-state index is 11.9. The summed E-state index contributed by atoms with van der Waals surface area (Å²) in [6, 6.07) is 0. The molecular formula is C68H120O24S8. The van der Waals surface area contributed by atoms with Crippen molar-refractivity contribution in [2.24, 2.45) is 28.6 Å². The maximum Gasteiger partial charge on any atom is 0.277 e. The van der Waals surface area contributed by atoms with Gasteiger partial charge in [-0.3, -0.25) is 33.5 Å². The largest absolute Gasteiger partial charge is 0.277 e. The molecule has 100 heavy (non-hydrogen) atoms. The third kappa shape index (κ3) is 20.3. The molecule has 8 aliphatic rings. The first-order chi connectivity index (χ1) is 43.9. The van der Waals surface area contributed by atoms with Crippen LogP contribution in [0.4, 0.5) is 0 Å². The molecule has 584 valence electrons. The third-order valence-corrected chi connectivity index (χ3v) is 37.5. The highest BCUT2D eigenvalue weighted by Gasteiger charge is 2.66. The molecule has 8 aliphatic heterocycles. The van der Waals surface area contributed by atoms with E-state index < -0.39 is 177 Å². The molecule has 0 amide bonds. The Bertz CT molecular complexity index is 4010. The zero-order valence-corrected chi connectivity index (χ0v) is 70.5. The second-order valence-electron chi connectivity index (χ2n) is 32.4. The molecule has 8 heterocycles. The molecule has 24 nitrogen and oxygen atoms in total. The Morgan fingerprint density at radius 3 is 1.03 bits per heavy atom. The Kier molecular flexibility index (Phi) is 29.3. The summed E-state index contributed by atoms with van der Waals surface area (Å²) in [4.78, 5) is 0. The van der Waals surface area contributed by atoms with E-state index in [0.717, 1.165) is 0 Å². The first-order valence-corrected chi connectivity index (χ1v) is 44.1. The Morgan fingerprint density at radius 1 is 0.380 bits per heavy atom. The molecule has 0 spiro atoms. The Balaban J connectivity index is 0.000000572. The predicted octanol–water partition coefficient (Wildman–Crippen LogP) is 12.5. The van der Waals surface area contributed by atoms with Gasteiger partial charge in [0.05, 0.1) is 55.3 Å². The highest BCUT2D eigenvalue weighted by Crippen LogP contribution is 2.56. The second-order valence-corrected chi connectivity index (χ2v) is 47.0. The zero-order chi connectivity index (χ0) is 80.0. The normalized spacial score (nSPS) is 36.5. The molecule has 0 bridgehead atoms. The lowest BCUT2D eigenvalue weighted by atomic mass is 9.68. The van der Waals surface area contributed by atoms with Crippen molar-refractivity contribution in [3.8, 4) is 0 Å². The first kappa shape index (κ1) is 95.2. The minimum atomic E-state index is -3.57. The van der Waals surface area contributed by atoms with E-state index in [2.05, 4.69) is 52.6 Å². The van der Waals surface area contributed by atoms with Crippen LogP contribution >= 0.6 is 0 Å². The fourth-order valence-electron chi connectivity index (χ4n) is 12.1. The minimum absolute atomic E-state index is 0.00972. The minimum Gasteiger partial charge on any atom is -0.264 e. The second kappa shape index (κ2) is 30.8. The van der Waals surface area contributed by atoms with Gasteiger partial charge in [0.25, 0.3) is 80.9 Å². The summed E-state index contributed by atoms with van der Waals surface area (Å²) in [6.45, 7) is 74.8. The van der Waals surface area contributed by atoms with Gasteiger partial charge in [0.2, 0.25) is 0 Å². The van der Waals surface area contributed by atoms with E-state index in [0.29, 0.717) is 32.1 Å². The highest BCUT2D eigenvalue weighted by atomic mass is 32.3. The van der Waals surface area contributed by atoms with Crippen molar-refractivity contribution >= 4 is 80.9 Å². The van der Waals surface area contributed by atoms with Crippen LogP contribution < -0.4 is 0 Å². The van der Waals surface area contributed by atoms with Crippen LogP contribution in [0.3, 0.4) is 0 Å². The van der Waals surface area contributed by atoms with Gasteiger partial charge in [-0.25, -0.2) is 0 Å². The Labute approximate surface area is 604 Å². The van der Waals surface area contributed by atoms with E-state index >= 15 is 0 Å². The van der Waals surface area contributed by atoms with Crippen molar-refractivity contribution in [2.45, 2.75) is 297 Å². The van der Waals surface area contributed by atoms with Crippen LogP contribution in [0.25, 0.3) is 0 Å². The van der Waals surface area contributed by atoms with Crippen molar-refractivity contribution in [3.63, 3.8) is 0 Å². The number of hydrogen-bond acceptors (Lipinski definition) is 24. The fourth-order valence-corrected chi connectivity index (χ4v) is 27.1. The molecule has 0 saturated carbocycles. The standard InChI is InChI=1S/C10H18O3S.3C9H16O3S.3C8H14O3S.C7H12O3S/c1-7-10(6)8(2,3)9(4,5)13-14(10,11)12;1-6-7-8(2,3)9(4,5)12-13(7,10)11;1-6-9(5)7(2)8(3,4)12-13(9,10)11;1-5-6-8-7(2)9(3,4)12-13(8,10)11;1-5-8(4)6-7(2,3)11-12(8,9)10;1-5-7-6(2)8(3,4)11-12(7,9)10;1-4-5-7-6-8(2,3)11-12(7,9)10;1-4-6-5-7(2,3)10-11(6,8)9/h7H,1H2,2-6H3;2*6-7H,1H2,2-5H3;5,7-8H,1,6H2,2-4H3;5H,1,6H2,2-4H3;5-7H,1H2,2-4H3;4,7H,1,5-6H2,2-3H3;4,6H,1,5H2,2-3H3. The number of hydrogen-bond donors (Lipinski definition) is 0. The number of rotatable bonds is 10. The van der Waals surface area contributed by atoms with Gasteiger partial charge >= 0.3 is 0 Å². The van der Waals surface area contributed by atoms with Gasteiger partial charge in [0.15, 0.2) is 0 Å². The van der Waals surface area contributed by atoms with E-state index in [1.54, 1.807) is 144 Å². The van der Waals surface area contributed by atoms with Gasteiger partial charge in [-0.15, -0.1) is 52.6 Å². The molecule has 0 aliphatic carbocycles. The first-order valence-electron chi connectivity index (χ1n) is 32.5. The van der Waals surface area contributed by atoms with E-state index in [9.17, 15) is 67.3 Å². The van der Waals surface area contributed by atoms with Gasteiger partial charge in [-0.1, -0.05) is 97.1 Å². The number of allylic oxidation sites excluding steroid dienone is 2. The van der Waals surface area contributed by atoms with Crippen LogP contribution in [0.15, 0.2) is 101 Å². The summed E-state index contributed by atoms with van der Waals surface area (Å²) in [7, 11) is -27.5. The Hall–Kier alpha value is -2.80. The average Bonchev–Trinajstić information content (AvgIpc) is 1.56. The van der Waals surface area contributed by atoms with Crippen molar-refractivity contribution < 1.29 is 101 Å². The van der Waals surface area contributed by atoms with Gasteiger partial charge in [-0.2, -0.15) is 67.3 Å². The lowest BCUT2D eigenvalue weighted by Gasteiger charge is -2.38. The molecule has 8 saturated heterocycles. The van der Waals surface area contributed by atoms with Crippen LogP contribution in [-0.4, -0.2) is 153 Å². The van der Waals surface area contributed by atoms with Crippen LogP contribution in [0.2, 0.25) is 0 Å². The van der Waals surface area contributed by atoms with Crippen LogP contribution in [0.1, 0.15) is 212 Å². The summed E-state index contributed by atoms with van der Waals surface area (Å²) >= 11 is 0. The molecule has 0 aromatic rings. The molecule has 0 radical (unpaired) electrons. The van der Waals surface area contributed by atoms with Crippen molar-refractivity contribution in [1.29, 1.82) is 0 Å². The van der Waals surface area contributed by atoms with E-state index in [1.807, 2.05) is 48.5 Å². The fraction of sp³-hybridized carbons (Fsp3) is 0.765. The van der Waals surface area contributed by atoms with Gasteiger partial charge in [0.1, 0.15) is 30.0 Å². The van der Waals surface area contributed by atoms with Gasteiger partial charge in [0, 0.05) is 35.0 Å². The molecule has 32 heteroatoms. The molecule has 11 atom stereocenters. The van der Waals surface area contributed by atoms with E-state index in [1.165, 1.54) is 36.5 Å². The monoisotopic (exact) mass is 1580 g/mol. The topological polar surface area (TPSA) is 347 Å². The summed E-state index contributed by atoms with van der Waals surface area (Å²) in [5, 5.41) is -2.54. The van der Waals surface area contributed by atoms with Crippen LogP contribution in [-0.2, 0) is 114 Å². The van der Waals surface area contributed by atoms with Crippen LogP contribution in [0, 0.1) is 28.6 Å². The zero-order valence-electron chi connectivity index (χ0n) is 64.0. The summed E-state index contributed by atoms with van der Waals surface area (Å²) in [6.07, 6.45) is 14.4. The third-order valence-electron chi connectivity index (χ3n) is 21.2. The summed E-state index contributed by atoms with van der Waals surface area (Å²) in [5.74, 6) is -0.127. The van der Waals surface area contributed by atoms with Gasteiger partial charge < -0.3 is 0 Å². The van der Waals surface area contributed by atoms with Crippen molar-refractivity contribution in [2.75, 3.05) is 0 Å². The van der Waals surface area contributed by atoms with Crippen LogP contribution in [0.5, 0.6) is 0 Å². The van der Waals surface area contributed by atoms with Gasteiger partial charge in [-0.05, 0) is 157 Å². The molecule has 0 aromatic heterocycles. The molecule has 8 rings (SSSR count). The van der Waals surface area contributed by atoms with Crippen molar-refractivity contribution in [1.82, 2.24) is 0 Å². The van der Waals surface area contributed by atoms with E-state index in [4.69, 9.17) is 33.5 Å². The highest BCUT2D eigenvalue weighted by molar-refractivity contribution is 7.90. The molecule has 0 N–H and O–H groups in total. The summed E-state index contributed by atoms with van der Waals surface area (Å²) in [5.41, 5.74) is -5.80. The SMILES string of the molecule is C=CC1(C)C(C)(C)C(C)(C)OS1(=O)=O.C=CC1(C)C(C)C(C)(C)OS1(=O)=O.C=CC1(C)CC(C)(C)OS1(=O)=O.C=CC1C(C)(C)C(C)(C)OS1(=O)=O.C=CC1C(C)C(C)(C)OS1(=O)=O.C=CC1CC(C)(C)OS1(=O)=O.C=CCC1C(C)C(C)(C)OS1(=O)=O.C=CCC1CC(C)(C)OS1(=O)=O. The molecular weight excluding hydrogens is 1460 g/mol. The quantitative estimate of drug-likeness (QED) is 0.145. The molecule has 0 aromatic carbocycles. The van der Waals surface area contributed by atoms with Crippen molar-refractivity contribution in [3.05, 3.63) is 101 Å². The molecule has 11 unspecified atom stereocenters. The van der Waals surface area contributed by atoms with E-state index in [-0.39, 0.29) is 17.8 Å². The summed E-state index contributed by atoms with van der Waals surface area (Å²) < 4.78 is 220. The smallest absolute Gasteiger partial charge is 0.264 e. The Morgan fingerprint density at radius 2 is 0.830 bits per heavy atom. The lowest BCUT2D eigenvalue weighted by molar-refractivity contribution is 0.0243.